The summed E-state index contributed by atoms with van der Waals surface area (Å²) in [5.74, 6) is -8.01. The lowest BCUT2D eigenvalue weighted by Crippen LogP contribution is -2.37. The molecule has 0 fully saturated rings. The Hall–Kier alpha value is -4.50. The second kappa shape index (κ2) is 16.7. The minimum atomic E-state index is -1.71. The van der Waals surface area contributed by atoms with Crippen molar-refractivity contribution < 1.29 is 67.4 Å². The van der Waals surface area contributed by atoms with Crippen molar-refractivity contribution in [2.45, 2.75) is 64.3 Å². The van der Waals surface area contributed by atoms with E-state index in [1.807, 2.05) is 0 Å². The summed E-state index contributed by atoms with van der Waals surface area (Å²) < 4.78 is 29.3. The number of hydrogen-bond donors (Lipinski definition) is 2. The number of aliphatic hydroxyl groups is 2. The van der Waals surface area contributed by atoms with Crippen molar-refractivity contribution in [1.82, 2.24) is 0 Å². The van der Waals surface area contributed by atoms with Crippen molar-refractivity contribution in [1.29, 1.82) is 0 Å². The summed E-state index contributed by atoms with van der Waals surface area (Å²) in [5, 5.41) is 19.6. The van der Waals surface area contributed by atoms with E-state index in [2.05, 4.69) is 9.47 Å². The Bertz CT molecular complexity index is 1270. The van der Waals surface area contributed by atoms with Gasteiger partial charge in [-0.1, -0.05) is 48.5 Å². The standard InChI is InChI=1S/C32H38O14/c1-31(2,39)45-25(29(37)41-5)15-27(35)43-17-23(33)21-11-7-19(8-12-21)20-9-13-22(14-10-20)24(34)18-44-28(36)16-26(30(38)42-6)46-32(3,4)40/h7-14,25-26,39-40H,15-18H2,1-6H3/t25-,26-/m1/s1. The maximum Gasteiger partial charge on any atom is 0.335 e. The molecule has 0 aliphatic rings. The Morgan fingerprint density at radius 1 is 0.587 bits per heavy atom. The zero-order valence-corrected chi connectivity index (χ0v) is 26.4. The van der Waals surface area contributed by atoms with Crippen LogP contribution in [0.1, 0.15) is 61.3 Å². The molecule has 2 aromatic carbocycles. The molecule has 2 aromatic rings. The number of rotatable bonds is 17. The minimum Gasteiger partial charge on any atom is -0.467 e. The van der Waals surface area contributed by atoms with Crippen molar-refractivity contribution in [2.75, 3.05) is 27.4 Å². The SMILES string of the molecule is COC(=O)[C@@H](CC(=O)OCC(=O)c1ccc(-c2ccc(C(=O)COC(=O)C[C@@H](OC(C)(C)O)C(=O)OC)cc2)cc1)OC(C)(C)O. The van der Waals surface area contributed by atoms with Gasteiger partial charge in [-0.2, -0.15) is 0 Å². The predicted molar refractivity (Wildman–Crippen MR) is 158 cm³/mol. The molecular formula is C32H38O14. The molecule has 0 aromatic heterocycles. The third-order valence-corrected chi connectivity index (χ3v) is 5.97. The van der Waals surface area contributed by atoms with E-state index in [1.165, 1.54) is 52.0 Å². The van der Waals surface area contributed by atoms with E-state index >= 15 is 0 Å². The number of ketones is 2. The minimum absolute atomic E-state index is 0.254. The number of carbonyl (C=O) groups is 6. The first-order valence-corrected chi connectivity index (χ1v) is 14.0. The zero-order valence-electron chi connectivity index (χ0n) is 26.4. The fourth-order valence-corrected chi connectivity index (χ4v) is 3.88. The lowest BCUT2D eigenvalue weighted by atomic mass is 10.0. The summed E-state index contributed by atoms with van der Waals surface area (Å²) in [7, 11) is 2.19. The fraction of sp³-hybridized carbons (Fsp3) is 0.438. The smallest absolute Gasteiger partial charge is 0.335 e. The van der Waals surface area contributed by atoms with Crippen molar-refractivity contribution in [3.63, 3.8) is 0 Å². The monoisotopic (exact) mass is 646 g/mol. The van der Waals surface area contributed by atoms with E-state index in [-0.39, 0.29) is 11.1 Å². The van der Waals surface area contributed by atoms with Crippen LogP contribution in [0, 0.1) is 0 Å². The highest BCUT2D eigenvalue weighted by Gasteiger charge is 2.31. The largest absolute Gasteiger partial charge is 0.467 e. The number of ether oxygens (including phenoxy) is 6. The van der Waals surface area contributed by atoms with Gasteiger partial charge in [0.25, 0.3) is 0 Å². The van der Waals surface area contributed by atoms with Crippen LogP contribution in [0.3, 0.4) is 0 Å². The first-order chi connectivity index (χ1) is 21.4. The molecule has 0 saturated heterocycles. The molecule has 0 aliphatic heterocycles. The lowest BCUT2D eigenvalue weighted by Gasteiger charge is -2.24. The Morgan fingerprint density at radius 3 is 1.15 bits per heavy atom. The van der Waals surface area contributed by atoms with E-state index in [0.717, 1.165) is 14.2 Å². The molecule has 14 heteroatoms. The van der Waals surface area contributed by atoms with Crippen LogP contribution in [0.25, 0.3) is 11.1 Å². The van der Waals surface area contributed by atoms with Gasteiger partial charge in [0.1, 0.15) is 0 Å². The Balaban J connectivity index is 1.92. The topological polar surface area (TPSA) is 198 Å². The average molecular weight is 647 g/mol. The van der Waals surface area contributed by atoms with Crippen LogP contribution in [0.4, 0.5) is 0 Å². The van der Waals surface area contributed by atoms with E-state index in [9.17, 15) is 39.0 Å². The maximum absolute atomic E-state index is 12.5. The Kier molecular flexibility index (Phi) is 13.7. The molecule has 2 rings (SSSR count). The number of carbonyl (C=O) groups excluding carboxylic acids is 6. The summed E-state index contributed by atoms with van der Waals surface area (Å²) in [6.07, 6.45) is -3.99. The summed E-state index contributed by atoms with van der Waals surface area (Å²) in [6, 6.07) is 12.8. The quantitative estimate of drug-likeness (QED) is 0.110. The molecule has 250 valence electrons. The number of Topliss-reactive ketones (excluding diaryl/α,β-unsaturated/α-hetero) is 2. The number of hydrogen-bond acceptors (Lipinski definition) is 14. The van der Waals surface area contributed by atoms with Crippen LogP contribution in [0.2, 0.25) is 0 Å². The third kappa shape index (κ3) is 12.9. The van der Waals surface area contributed by atoms with E-state index < -0.39 is 85.3 Å². The van der Waals surface area contributed by atoms with E-state index in [4.69, 9.17) is 18.9 Å². The lowest BCUT2D eigenvalue weighted by molar-refractivity contribution is -0.218. The number of methoxy groups -OCH3 is 2. The third-order valence-electron chi connectivity index (χ3n) is 5.97. The molecule has 0 heterocycles. The summed E-state index contributed by atoms with van der Waals surface area (Å²) in [4.78, 5) is 73.1. The Labute approximate surface area is 265 Å². The van der Waals surface area contributed by atoms with Gasteiger partial charge in [0.15, 0.2) is 48.6 Å². The normalized spacial score (nSPS) is 12.8. The van der Waals surface area contributed by atoms with Crippen LogP contribution in [-0.2, 0) is 47.6 Å². The summed E-state index contributed by atoms with van der Waals surface area (Å²) in [5.41, 5.74) is 1.93. The van der Waals surface area contributed by atoms with E-state index in [1.54, 1.807) is 24.3 Å². The van der Waals surface area contributed by atoms with Crippen molar-refractivity contribution in [3.8, 4) is 11.1 Å². The molecule has 14 nitrogen and oxygen atoms in total. The second-order valence-corrected chi connectivity index (χ2v) is 10.9. The van der Waals surface area contributed by atoms with Gasteiger partial charge >= 0.3 is 23.9 Å². The molecule has 2 atom stereocenters. The molecule has 2 N–H and O–H groups in total. The van der Waals surface area contributed by atoms with Crippen LogP contribution >= 0.6 is 0 Å². The van der Waals surface area contributed by atoms with E-state index in [0.29, 0.717) is 11.1 Å². The van der Waals surface area contributed by atoms with Crippen LogP contribution < -0.4 is 0 Å². The predicted octanol–water partition coefficient (Wildman–Crippen LogP) is 2.16. The summed E-state index contributed by atoms with van der Waals surface area (Å²) in [6.45, 7) is 3.93. The van der Waals surface area contributed by atoms with Gasteiger partial charge in [-0.15, -0.1) is 0 Å². The van der Waals surface area contributed by atoms with Gasteiger partial charge in [-0.25, -0.2) is 9.59 Å². The van der Waals surface area contributed by atoms with Gasteiger partial charge in [0.05, 0.1) is 27.1 Å². The maximum atomic E-state index is 12.5. The highest BCUT2D eigenvalue weighted by atomic mass is 16.7. The van der Waals surface area contributed by atoms with Crippen molar-refractivity contribution >= 4 is 35.4 Å². The van der Waals surface area contributed by atoms with Crippen molar-refractivity contribution in [2.24, 2.45) is 0 Å². The molecule has 0 aliphatic carbocycles. The molecule has 0 saturated carbocycles. The number of benzene rings is 2. The summed E-state index contributed by atoms with van der Waals surface area (Å²) >= 11 is 0. The molecular weight excluding hydrogens is 608 g/mol. The molecule has 0 amide bonds. The molecule has 46 heavy (non-hydrogen) atoms. The zero-order chi connectivity index (χ0) is 34.7. The van der Waals surface area contributed by atoms with Crippen molar-refractivity contribution in [3.05, 3.63) is 59.7 Å². The Morgan fingerprint density at radius 2 is 0.891 bits per heavy atom. The van der Waals surface area contributed by atoms with Gasteiger partial charge in [0, 0.05) is 11.1 Å². The van der Waals surface area contributed by atoms with Crippen LogP contribution in [0.15, 0.2) is 48.5 Å². The second-order valence-electron chi connectivity index (χ2n) is 10.9. The highest BCUT2D eigenvalue weighted by molar-refractivity contribution is 5.99. The van der Waals surface area contributed by atoms with Crippen LogP contribution in [-0.4, -0.2) is 96.9 Å². The van der Waals surface area contributed by atoms with Gasteiger partial charge in [-0.3, -0.25) is 19.2 Å². The average Bonchev–Trinajstić information content (AvgIpc) is 2.99. The molecule has 0 bridgehead atoms. The molecule has 0 spiro atoms. The van der Waals surface area contributed by atoms with Crippen LogP contribution in [0.5, 0.6) is 0 Å². The molecule has 0 unspecified atom stereocenters. The molecule has 0 radical (unpaired) electrons. The van der Waals surface area contributed by atoms with Gasteiger partial charge in [0.2, 0.25) is 0 Å². The fourth-order valence-electron chi connectivity index (χ4n) is 3.88. The first-order valence-electron chi connectivity index (χ1n) is 14.0. The number of esters is 4. The highest BCUT2D eigenvalue weighted by Crippen LogP contribution is 2.21. The van der Waals surface area contributed by atoms with Gasteiger partial charge in [-0.05, 0) is 38.8 Å². The van der Waals surface area contributed by atoms with Gasteiger partial charge < -0.3 is 38.6 Å². The first kappa shape index (κ1) is 37.7.